The molecule has 0 bridgehead atoms. The minimum Gasteiger partial charge on any atom is -0.380 e. The molecule has 1 heterocycles. The van der Waals surface area contributed by atoms with Crippen LogP contribution in [0.2, 0.25) is 0 Å². The van der Waals surface area contributed by atoms with Crippen LogP contribution in [-0.4, -0.2) is 24.7 Å². The van der Waals surface area contributed by atoms with E-state index in [0.717, 1.165) is 25.5 Å². The summed E-state index contributed by atoms with van der Waals surface area (Å²) >= 11 is 0. The number of ether oxygens (including phenoxy) is 1. The van der Waals surface area contributed by atoms with Crippen LogP contribution in [0.1, 0.15) is 32.5 Å². The summed E-state index contributed by atoms with van der Waals surface area (Å²) in [6, 6.07) is 6.26. The summed E-state index contributed by atoms with van der Waals surface area (Å²) in [5.74, 6) is 0.605. The quantitative estimate of drug-likeness (QED) is 0.719. The van der Waals surface area contributed by atoms with Crippen molar-refractivity contribution in [3.8, 4) is 0 Å². The monoisotopic (exact) mass is 222 g/mol. The van der Waals surface area contributed by atoms with Crippen molar-refractivity contribution < 1.29 is 4.74 Å². The Morgan fingerprint density at radius 1 is 1.31 bits per heavy atom. The van der Waals surface area contributed by atoms with Gasteiger partial charge in [-0.3, -0.25) is 4.98 Å². The molecule has 0 amide bonds. The fraction of sp³-hybridized carbons (Fsp3) is 0.615. The molecule has 1 N–H and O–H groups in total. The van der Waals surface area contributed by atoms with Crippen molar-refractivity contribution in [3.05, 3.63) is 30.1 Å². The summed E-state index contributed by atoms with van der Waals surface area (Å²) in [4.78, 5) is 4.30. The molecule has 0 aliphatic heterocycles. The number of pyridine rings is 1. The number of nitrogens with one attached hydrogen (secondary N) is 1. The minimum atomic E-state index is 0.281. The van der Waals surface area contributed by atoms with Gasteiger partial charge >= 0.3 is 0 Å². The lowest BCUT2D eigenvalue weighted by Gasteiger charge is -2.13. The molecule has 0 aliphatic carbocycles. The smallest absolute Gasteiger partial charge is 0.0591 e. The van der Waals surface area contributed by atoms with Crippen molar-refractivity contribution in [3.63, 3.8) is 0 Å². The van der Waals surface area contributed by atoms with Crippen molar-refractivity contribution in [2.45, 2.75) is 26.8 Å². The Morgan fingerprint density at radius 2 is 2.12 bits per heavy atom. The van der Waals surface area contributed by atoms with Crippen LogP contribution in [0.4, 0.5) is 0 Å². The average molecular weight is 222 g/mol. The molecule has 0 saturated heterocycles. The molecule has 3 heteroatoms. The molecule has 16 heavy (non-hydrogen) atoms. The van der Waals surface area contributed by atoms with E-state index in [0.29, 0.717) is 5.92 Å². The van der Waals surface area contributed by atoms with Gasteiger partial charge in [-0.2, -0.15) is 0 Å². The van der Waals surface area contributed by atoms with Gasteiger partial charge in [-0.15, -0.1) is 0 Å². The van der Waals surface area contributed by atoms with Crippen LogP contribution in [0.5, 0.6) is 0 Å². The Bertz CT molecular complexity index is 275. The van der Waals surface area contributed by atoms with Gasteiger partial charge in [0.05, 0.1) is 12.3 Å². The van der Waals surface area contributed by atoms with Gasteiger partial charge in [-0.05, 0) is 25.0 Å². The zero-order chi connectivity index (χ0) is 11.8. The van der Waals surface area contributed by atoms with Crippen LogP contribution < -0.4 is 5.32 Å². The van der Waals surface area contributed by atoms with Crippen molar-refractivity contribution in [2.75, 3.05) is 19.8 Å². The first-order chi connectivity index (χ1) is 7.70. The zero-order valence-electron chi connectivity index (χ0n) is 10.4. The molecule has 0 saturated carbocycles. The number of hydrogen-bond donors (Lipinski definition) is 1. The number of rotatable bonds is 7. The van der Waals surface area contributed by atoms with Crippen molar-refractivity contribution in [2.24, 2.45) is 5.92 Å². The van der Waals surface area contributed by atoms with E-state index in [4.69, 9.17) is 4.74 Å². The van der Waals surface area contributed by atoms with E-state index in [1.54, 1.807) is 0 Å². The molecule has 1 atom stereocenters. The third-order valence-corrected chi connectivity index (χ3v) is 2.28. The number of aromatic nitrogens is 1. The number of hydrogen-bond acceptors (Lipinski definition) is 3. The van der Waals surface area contributed by atoms with Crippen molar-refractivity contribution in [1.82, 2.24) is 10.3 Å². The Hall–Kier alpha value is -0.930. The van der Waals surface area contributed by atoms with Gasteiger partial charge in [0.15, 0.2) is 0 Å². The van der Waals surface area contributed by atoms with E-state index in [2.05, 4.69) is 31.1 Å². The molecule has 0 unspecified atom stereocenters. The Labute approximate surface area is 98.2 Å². The minimum absolute atomic E-state index is 0.281. The normalized spacial score (nSPS) is 13.0. The maximum absolute atomic E-state index is 5.50. The highest BCUT2D eigenvalue weighted by atomic mass is 16.5. The standard InChI is InChI=1S/C13H22N2O/c1-11(2)10-16-9-8-14-12(3)13-6-4-5-7-15-13/h4-7,11-12,14H,8-10H2,1-3H3/t12-/m0/s1. The second-order valence-electron chi connectivity index (χ2n) is 4.40. The molecule has 1 rings (SSSR count). The molecule has 3 nitrogen and oxygen atoms in total. The van der Waals surface area contributed by atoms with Gasteiger partial charge in [0.25, 0.3) is 0 Å². The lowest BCUT2D eigenvalue weighted by molar-refractivity contribution is 0.110. The van der Waals surface area contributed by atoms with Crippen molar-refractivity contribution in [1.29, 1.82) is 0 Å². The van der Waals surface area contributed by atoms with E-state index in [-0.39, 0.29) is 6.04 Å². The van der Waals surface area contributed by atoms with Gasteiger partial charge in [0, 0.05) is 25.4 Å². The van der Waals surface area contributed by atoms with Crippen molar-refractivity contribution >= 4 is 0 Å². The maximum Gasteiger partial charge on any atom is 0.0591 e. The Balaban J connectivity index is 2.14. The Morgan fingerprint density at radius 3 is 2.75 bits per heavy atom. The second kappa shape index (κ2) is 7.36. The van der Waals surface area contributed by atoms with E-state index in [1.807, 2.05) is 24.4 Å². The summed E-state index contributed by atoms with van der Waals surface area (Å²) in [7, 11) is 0. The third kappa shape index (κ3) is 5.24. The molecule has 0 aromatic carbocycles. The summed E-state index contributed by atoms with van der Waals surface area (Å²) in [5, 5.41) is 3.39. The molecule has 1 aromatic heterocycles. The lowest BCUT2D eigenvalue weighted by atomic mass is 10.2. The highest BCUT2D eigenvalue weighted by Gasteiger charge is 2.04. The molecular weight excluding hydrogens is 200 g/mol. The molecule has 0 radical (unpaired) electrons. The fourth-order valence-electron chi connectivity index (χ4n) is 1.40. The average Bonchev–Trinajstić information content (AvgIpc) is 2.29. The molecular formula is C13H22N2O. The first kappa shape index (κ1) is 13.1. The maximum atomic E-state index is 5.50. The molecule has 0 spiro atoms. The van der Waals surface area contributed by atoms with E-state index < -0.39 is 0 Å². The molecule has 1 aromatic rings. The third-order valence-electron chi connectivity index (χ3n) is 2.28. The van der Waals surface area contributed by atoms with Crippen LogP contribution in [0, 0.1) is 5.92 Å². The summed E-state index contributed by atoms with van der Waals surface area (Å²) in [6.45, 7) is 8.89. The van der Waals surface area contributed by atoms with E-state index >= 15 is 0 Å². The van der Waals surface area contributed by atoms with Crippen LogP contribution in [0.15, 0.2) is 24.4 Å². The van der Waals surface area contributed by atoms with Crippen LogP contribution >= 0.6 is 0 Å². The fourth-order valence-corrected chi connectivity index (χ4v) is 1.40. The second-order valence-corrected chi connectivity index (χ2v) is 4.40. The van der Waals surface area contributed by atoms with Gasteiger partial charge in [0.2, 0.25) is 0 Å². The lowest BCUT2D eigenvalue weighted by Crippen LogP contribution is -2.24. The summed E-state index contributed by atoms with van der Waals surface area (Å²) < 4.78 is 5.50. The first-order valence-corrected chi connectivity index (χ1v) is 5.92. The highest BCUT2D eigenvalue weighted by molar-refractivity contribution is 5.07. The van der Waals surface area contributed by atoms with Gasteiger partial charge < -0.3 is 10.1 Å². The zero-order valence-corrected chi connectivity index (χ0v) is 10.4. The van der Waals surface area contributed by atoms with E-state index in [9.17, 15) is 0 Å². The van der Waals surface area contributed by atoms with Gasteiger partial charge in [0.1, 0.15) is 0 Å². The SMILES string of the molecule is CC(C)COCCN[C@@H](C)c1ccccn1. The molecule has 90 valence electrons. The summed E-state index contributed by atoms with van der Waals surface area (Å²) in [5.41, 5.74) is 1.08. The molecule has 0 fully saturated rings. The Kier molecular flexibility index (Phi) is 6.04. The van der Waals surface area contributed by atoms with Crippen LogP contribution in [0.3, 0.4) is 0 Å². The van der Waals surface area contributed by atoms with Gasteiger partial charge in [-0.1, -0.05) is 19.9 Å². The first-order valence-electron chi connectivity index (χ1n) is 5.92. The van der Waals surface area contributed by atoms with Gasteiger partial charge in [-0.25, -0.2) is 0 Å². The predicted molar refractivity (Wildman–Crippen MR) is 66.3 cm³/mol. The highest BCUT2D eigenvalue weighted by Crippen LogP contribution is 2.06. The predicted octanol–water partition coefficient (Wildman–Crippen LogP) is 2.40. The van der Waals surface area contributed by atoms with E-state index in [1.165, 1.54) is 0 Å². The summed E-state index contributed by atoms with van der Waals surface area (Å²) in [6.07, 6.45) is 1.82. The number of nitrogens with zero attached hydrogens (tertiary/aromatic N) is 1. The van der Waals surface area contributed by atoms with Crippen LogP contribution in [-0.2, 0) is 4.74 Å². The molecule has 0 aliphatic rings. The largest absolute Gasteiger partial charge is 0.380 e. The topological polar surface area (TPSA) is 34.1 Å². The van der Waals surface area contributed by atoms with Crippen LogP contribution in [0.25, 0.3) is 0 Å².